The van der Waals surface area contributed by atoms with Crippen LogP contribution in [0.1, 0.15) is 28.8 Å². The van der Waals surface area contributed by atoms with Crippen LogP contribution in [0.3, 0.4) is 0 Å². The van der Waals surface area contributed by atoms with Gasteiger partial charge in [0.15, 0.2) is 0 Å². The first-order valence-electron chi connectivity index (χ1n) is 9.91. The molecule has 29 heavy (non-hydrogen) atoms. The molecule has 2 heterocycles. The molecular weight excluding hydrogens is 406 g/mol. The summed E-state index contributed by atoms with van der Waals surface area (Å²) in [7, 11) is 0. The van der Waals surface area contributed by atoms with Gasteiger partial charge in [-0.3, -0.25) is 14.5 Å². The fourth-order valence-corrected chi connectivity index (χ4v) is 4.78. The van der Waals surface area contributed by atoms with Crippen LogP contribution in [0.2, 0.25) is 5.02 Å². The molecule has 0 atom stereocenters. The van der Waals surface area contributed by atoms with Crippen LogP contribution in [-0.4, -0.2) is 53.5 Å². The molecule has 152 valence electrons. The number of carbonyl (C=O) groups excluding carboxylic acids is 2. The maximum atomic E-state index is 13.1. The number of hydrogen-bond donors (Lipinski definition) is 1. The third-order valence-electron chi connectivity index (χ3n) is 5.28. The fourth-order valence-electron chi connectivity index (χ4n) is 3.72. The van der Waals surface area contributed by atoms with Gasteiger partial charge in [-0.05, 0) is 42.3 Å². The van der Waals surface area contributed by atoms with Crippen molar-refractivity contribution >= 4 is 40.9 Å². The number of rotatable bonds is 3. The summed E-state index contributed by atoms with van der Waals surface area (Å²) in [6.07, 6.45) is 1.44. The molecule has 0 aliphatic carbocycles. The summed E-state index contributed by atoms with van der Waals surface area (Å²) >= 11 is 7.62. The Labute approximate surface area is 180 Å². The lowest BCUT2D eigenvalue weighted by Gasteiger charge is -2.22. The van der Waals surface area contributed by atoms with Gasteiger partial charge in [0, 0.05) is 60.4 Å². The Kier molecular flexibility index (Phi) is 6.43. The van der Waals surface area contributed by atoms with Gasteiger partial charge in [-0.1, -0.05) is 23.7 Å². The van der Waals surface area contributed by atoms with Gasteiger partial charge in [0.25, 0.3) is 5.91 Å². The molecule has 2 aliphatic heterocycles. The van der Waals surface area contributed by atoms with E-state index in [0.717, 1.165) is 54.0 Å². The van der Waals surface area contributed by atoms with E-state index in [1.54, 1.807) is 11.8 Å². The van der Waals surface area contributed by atoms with Crippen molar-refractivity contribution in [3.63, 3.8) is 0 Å². The van der Waals surface area contributed by atoms with Crippen LogP contribution in [0.25, 0.3) is 0 Å². The number of thioether (sulfide) groups is 1. The SMILES string of the molecule is O=C1CCSc2ccc(C(=O)N3CCCN(Cc4ccc(Cl)cc4)CC3)cc2N1. The van der Waals surface area contributed by atoms with Crippen LogP contribution in [-0.2, 0) is 11.3 Å². The molecule has 0 aromatic heterocycles. The summed E-state index contributed by atoms with van der Waals surface area (Å²) < 4.78 is 0. The smallest absolute Gasteiger partial charge is 0.253 e. The summed E-state index contributed by atoms with van der Waals surface area (Å²) in [6.45, 7) is 4.11. The highest BCUT2D eigenvalue weighted by Crippen LogP contribution is 2.31. The lowest BCUT2D eigenvalue weighted by atomic mass is 10.1. The van der Waals surface area contributed by atoms with Crippen LogP contribution in [0.5, 0.6) is 0 Å². The Balaban J connectivity index is 1.40. The summed E-state index contributed by atoms with van der Waals surface area (Å²) in [6, 6.07) is 13.6. The molecule has 1 fully saturated rings. The van der Waals surface area contributed by atoms with E-state index in [1.165, 1.54) is 5.56 Å². The summed E-state index contributed by atoms with van der Waals surface area (Å²) in [5, 5.41) is 3.67. The Bertz CT molecular complexity index is 903. The first-order valence-corrected chi connectivity index (χ1v) is 11.3. The standard InChI is InChI=1S/C22H24ClN3O2S/c23-18-5-2-16(3-6-18)15-25-9-1-10-26(12-11-25)22(28)17-4-7-20-19(14-17)24-21(27)8-13-29-20/h2-7,14H,1,8-13,15H2,(H,24,27). The predicted molar refractivity (Wildman–Crippen MR) is 118 cm³/mol. The molecule has 4 rings (SSSR count). The summed E-state index contributed by atoms with van der Waals surface area (Å²) in [5.41, 5.74) is 2.62. The van der Waals surface area contributed by atoms with E-state index in [-0.39, 0.29) is 11.8 Å². The zero-order valence-corrected chi connectivity index (χ0v) is 17.8. The first-order chi connectivity index (χ1) is 14.1. The van der Waals surface area contributed by atoms with Crippen LogP contribution in [0.15, 0.2) is 47.4 Å². The van der Waals surface area contributed by atoms with Gasteiger partial charge in [-0.2, -0.15) is 0 Å². The van der Waals surface area contributed by atoms with Crippen molar-refractivity contribution in [2.24, 2.45) is 0 Å². The van der Waals surface area contributed by atoms with Crippen molar-refractivity contribution < 1.29 is 9.59 Å². The van der Waals surface area contributed by atoms with Gasteiger partial charge in [-0.15, -0.1) is 11.8 Å². The normalized spacial score (nSPS) is 17.8. The van der Waals surface area contributed by atoms with E-state index in [4.69, 9.17) is 11.6 Å². The quantitative estimate of drug-likeness (QED) is 0.797. The van der Waals surface area contributed by atoms with Crippen LogP contribution >= 0.6 is 23.4 Å². The number of carbonyl (C=O) groups is 2. The van der Waals surface area contributed by atoms with Gasteiger partial charge >= 0.3 is 0 Å². The van der Waals surface area contributed by atoms with Gasteiger partial charge in [0.2, 0.25) is 5.91 Å². The Morgan fingerprint density at radius 1 is 1.07 bits per heavy atom. The second kappa shape index (κ2) is 9.20. The topological polar surface area (TPSA) is 52.7 Å². The van der Waals surface area contributed by atoms with E-state index in [2.05, 4.69) is 22.3 Å². The van der Waals surface area contributed by atoms with Crippen molar-refractivity contribution in [3.05, 3.63) is 58.6 Å². The Hall–Kier alpha value is -2.02. The maximum Gasteiger partial charge on any atom is 0.253 e. The maximum absolute atomic E-state index is 13.1. The predicted octanol–water partition coefficient (Wildman–Crippen LogP) is 4.12. The van der Waals surface area contributed by atoms with Crippen molar-refractivity contribution in [3.8, 4) is 0 Å². The van der Waals surface area contributed by atoms with E-state index in [9.17, 15) is 9.59 Å². The molecule has 2 aromatic carbocycles. The number of nitrogens with one attached hydrogen (secondary N) is 1. The Morgan fingerprint density at radius 3 is 2.72 bits per heavy atom. The van der Waals surface area contributed by atoms with Crippen LogP contribution in [0.4, 0.5) is 5.69 Å². The largest absolute Gasteiger partial charge is 0.337 e. The average molecular weight is 430 g/mol. The monoisotopic (exact) mass is 429 g/mol. The van der Waals surface area contributed by atoms with Crippen molar-refractivity contribution in [1.82, 2.24) is 9.80 Å². The molecule has 2 amide bonds. The van der Waals surface area contributed by atoms with Gasteiger partial charge in [0.1, 0.15) is 0 Å². The fraction of sp³-hybridized carbons (Fsp3) is 0.364. The number of fused-ring (bicyclic) bond motifs is 1. The van der Waals surface area contributed by atoms with E-state index in [1.807, 2.05) is 35.2 Å². The third kappa shape index (κ3) is 5.13. The molecule has 0 spiro atoms. The van der Waals surface area contributed by atoms with Crippen molar-refractivity contribution in [2.45, 2.75) is 24.3 Å². The van der Waals surface area contributed by atoms with Crippen molar-refractivity contribution in [2.75, 3.05) is 37.2 Å². The zero-order chi connectivity index (χ0) is 20.2. The molecule has 5 nitrogen and oxygen atoms in total. The highest BCUT2D eigenvalue weighted by atomic mass is 35.5. The number of amides is 2. The molecule has 0 bridgehead atoms. The molecule has 2 aromatic rings. The zero-order valence-electron chi connectivity index (χ0n) is 16.2. The lowest BCUT2D eigenvalue weighted by Crippen LogP contribution is -2.35. The second-order valence-electron chi connectivity index (χ2n) is 7.41. The molecule has 1 N–H and O–H groups in total. The minimum Gasteiger partial charge on any atom is -0.337 e. The Morgan fingerprint density at radius 2 is 1.90 bits per heavy atom. The van der Waals surface area contributed by atoms with Gasteiger partial charge in [-0.25, -0.2) is 0 Å². The average Bonchev–Trinajstić information content (AvgIpc) is 3.06. The lowest BCUT2D eigenvalue weighted by molar-refractivity contribution is -0.115. The number of benzene rings is 2. The number of nitrogens with zero attached hydrogens (tertiary/aromatic N) is 2. The minimum absolute atomic E-state index is 0.00784. The van der Waals surface area contributed by atoms with Crippen molar-refractivity contribution in [1.29, 1.82) is 0 Å². The first kappa shape index (κ1) is 20.3. The summed E-state index contributed by atoms with van der Waals surface area (Å²) in [5.74, 6) is 0.805. The van der Waals surface area contributed by atoms with E-state index in [0.29, 0.717) is 18.5 Å². The number of halogens is 1. The highest BCUT2D eigenvalue weighted by Gasteiger charge is 2.22. The molecule has 0 unspecified atom stereocenters. The molecule has 0 radical (unpaired) electrons. The van der Waals surface area contributed by atoms with E-state index < -0.39 is 0 Å². The second-order valence-corrected chi connectivity index (χ2v) is 8.98. The number of anilines is 1. The highest BCUT2D eigenvalue weighted by molar-refractivity contribution is 7.99. The van der Waals surface area contributed by atoms with Gasteiger partial charge in [0.05, 0.1) is 5.69 Å². The molecule has 0 saturated carbocycles. The molecule has 7 heteroatoms. The van der Waals surface area contributed by atoms with E-state index >= 15 is 0 Å². The number of hydrogen-bond acceptors (Lipinski definition) is 4. The van der Waals surface area contributed by atoms with Crippen LogP contribution in [0, 0.1) is 0 Å². The molecular formula is C22H24ClN3O2S. The molecule has 1 saturated heterocycles. The molecule has 2 aliphatic rings. The third-order valence-corrected chi connectivity index (χ3v) is 6.61. The summed E-state index contributed by atoms with van der Waals surface area (Å²) in [4.78, 5) is 30.3. The van der Waals surface area contributed by atoms with Crippen LogP contribution < -0.4 is 5.32 Å². The van der Waals surface area contributed by atoms with Gasteiger partial charge < -0.3 is 10.2 Å². The minimum atomic E-state index is 0.00784.